The van der Waals surface area contributed by atoms with Crippen molar-refractivity contribution >= 4 is 29.0 Å². The average Bonchev–Trinajstić information content (AvgIpc) is 2.68. The predicted molar refractivity (Wildman–Crippen MR) is 104 cm³/mol. The van der Waals surface area contributed by atoms with Crippen molar-refractivity contribution in [3.05, 3.63) is 64.7 Å². The summed E-state index contributed by atoms with van der Waals surface area (Å²) in [6.07, 6.45) is 0. The Bertz CT molecular complexity index is 759. The fraction of sp³-hybridized carbons (Fsp3) is 0.316. The van der Waals surface area contributed by atoms with Crippen molar-refractivity contribution in [2.75, 3.05) is 31.1 Å². The molecule has 1 aliphatic heterocycles. The summed E-state index contributed by atoms with van der Waals surface area (Å²) in [5.74, 6) is 0.112. The van der Waals surface area contributed by atoms with E-state index in [2.05, 4.69) is 17.0 Å². The van der Waals surface area contributed by atoms with Gasteiger partial charge in [-0.3, -0.25) is 14.9 Å². The van der Waals surface area contributed by atoms with Crippen LogP contribution in [-0.2, 0) is 4.79 Å². The van der Waals surface area contributed by atoms with Gasteiger partial charge >= 0.3 is 0 Å². The van der Waals surface area contributed by atoms with Gasteiger partial charge in [-0.2, -0.15) is 0 Å². The zero-order valence-corrected chi connectivity index (χ0v) is 15.4. The summed E-state index contributed by atoms with van der Waals surface area (Å²) in [4.78, 5) is 28.0. The molecular formula is C19H21N3O3S. The molecule has 0 spiro atoms. The molecule has 6 nitrogen and oxygen atoms in total. The lowest BCUT2D eigenvalue weighted by atomic mass is 10.2. The second-order valence-electron chi connectivity index (χ2n) is 6.16. The van der Waals surface area contributed by atoms with Crippen molar-refractivity contribution in [2.24, 2.45) is 0 Å². The highest BCUT2D eigenvalue weighted by Gasteiger charge is 2.25. The van der Waals surface area contributed by atoms with Gasteiger partial charge in [-0.25, -0.2) is 0 Å². The molecule has 1 amide bonds. The third-order valence-electron chi connectivity index (χ3n) is 4.42. The summed E-state index contributed by atoms with van der Waals surface area (Å²) < 4.78 is 0. The minimum absolute atomic E-state index is 0.0605. The number of hydrogen-bond donors (Lipinski definition) is 0. The maximum atomic E-state index is 12.7. The number of anilines is 1. The van der Waals surface area contributed by atoms with Crippen LogP contribution in [0.3, 0.4) is 0 Å². The summed E-state index contributed by atoms with van der Waals surface area (Å²) in [5, 5.41) is 10.5. The van der Waals surface area contributed by atoms with E-state index in [1.807, 2.05) is 30.0 Å². The first-order chi connectivity index (χ1) is 12.5. The highest BCUT2D eigenvalue weighted by Crippen LogP contribution is 2.27. The number of carbonyl (C=O) groups excluding carboxylic acids is 1. The highest BCUT2D eigenvalue weighted by molar-refractivity contribution is 8.00. The molecule has 0 N–H and O–H groups in total. The number of nitrogens with zero attached hydrogens (tertiary/aromatic N) is 3. The summed E-state index contributed by atoms with van der Waals surface area (Å²) in [6, 6.07) is 16.6. The fourth-order valence-corrected chi connectivity index (χ4v) is 3.93. The maximum absolute atomic E-state index is 12.7. The molecule has 0 radical (unpaired) electrons. The number of piperazine rings is 1. The lowest BCUT2D eigenvalue weighted by Crippen LogP contribution is -2.50. The van der Waals surface area contributed by atoms with Crippen LogP contribution in [0.4, 0.5) is 11.4 Å². The van der Waals surface area contributed by atoms with Crippen LogP contribution in [0.2, 0.25) is 0 Å². The van der Waals surface area contributed by atoms with Crippen molar-refractivity contribution in [2.45, 2.75) is 17.1 Å². The Hall–Kier alpha value is -2.54. The third kappa shape index (κ3) is 4.35. The lowest BCUT2D eigenvalue weighted by Gasteiger charge is -2.37. The Morgan fingerprint density at radius 1 is 1.04 bits per heavy atom. The molecule has 1 unspecified atom stereocenters. The number of non-ortho nitro benzene ring substituents is 1. The first kappa shape index (κ1) is 18.3. The van der Waals surface area contributed by atoms with Crippen molar-refractivity contribution < 1.29 is 9.72 Å². The van der Waals surface area contributed by atoms with Gasteiger partial charge in [0.15, 0.2) is 0 Å². The Kier molecular flexibility index (Phi) is 5.78. The number of hydrogen-bond acceptors (Lipinski definition) is 5. The second kappa shape index (κ2) is 8.23. The number of nitro groups is 1. The topological polar surface area (TPSA) is 66.7 Å². The molecule has 1 aliphatic rings. The van der Waals surface area contributed by atoms with Crippen LogP contribution < -0.4 is 4.90 Å². The van der Waals surface area contributed by atoms with Crippen LogP contribution in [0.1, 0.15) is 6.92 Å². The Balaban J connectivity index is 1.53. The smallest absolute Gasteiger partial charge is 0.269 e. The molecule has 136 valence electrons. The van der Waals surface area contributed by atoms with E-state index in [1.165, 1.54) is 29.6 Å². The van der Waals surface area contributed by atoms with Gasteiger partial charge in [0, 0.05) is 48.9 Å². The Morgan fingerprint density at radius 3 is 2.23 bits per heavy atom. The summed E-state index contributed by atoms with van der Waals surface area (Å²) in [5.41, 5.74) is 1.25. The van der Waals surface area contributed by atoms with E-state index >= 15 is 0 Å². The SMILES string of the molecule is CC(Sc1ccc([N+](=O)[O-])cc1)C(=O)N1CCN(c2ccccc2)CC1. The third-order valence-corrected chi connectivity index (χ3v) is 5.52. The van der Waals surface area contributed by atoms with Crippen LogP contribution >= 0.6 is 11.8 Å². The van der Waals surface area contributed by atoms with E-state index in [9.17, 15) is 14.9 Å². The molecule has 0 aromatic heterocycles. The molecule has 1 fully saturated rings. The summed E-state index contributed by atoms with van der Waals surface area (Å²) in [7, 11) is 0. The maximum Gasteiger partial charge on any atom is 0.269 e. The molecule has 2 aromatic carbocycles. The quantitative estimate of drug-likeness (QED) is 0.458. The summed E-state index contributed by atoms with van der Waals surface area (Å²) >= 11 is 1.44. The molecule has 2 aromatic rings. The van der Waals surface area contributed by atoms with Crippen molar-refractivity contribution in [3.63, 3.8) is 0 Å². The van der Waals surface area contributed by atoms with Gasteiger partial charge < -0.3 is 9.80 Å². The van der Waals surface area contributed by atoms with Crippen LogP contribution in [0.25, 0.3) is 0 Å². The Labute approximate surface area is 156 Å². The van der Waals surface area contributed by atoms with Crippen LogP contribution in [0.5, 0.6) is 0 Å². The number of para-hydroxylation sites is 1. The van der Waals surface area contributed by atoms with Crippen molar-refractivity contribution in [1.82, 2.24) is 4.90 Å². The highest BCUT2D eigenvalue weighted by atomic mass is 32.2. The molecule has 1 heterocycles. The van der Waals surface area contributed by atoms with Gasteiger partial charge in [0.25, 0.3) is 5.69 Å². The van der Waals surface area contributed by atoms with Gasteiger partial charge in [-0.1, -0.05) is 18.2 Å². The molecule has 1 saturated heterocycles. The van der Waals surface area contributed by atoms with Crippen LogP contribution in [-0.4, -0.2) is 47.2 Å². The number of benzene rings is 2. The number of carbonyl (C=O) groups is 1. The number of amides is 1. The first-order valence-electron chi connectivity index (χ1n) is 8.54. The molecule has 7 heteroatoms. The van der Waals surface area contributed by atoms with E-state index in [0.29, 0.717) is 13.1 Å². The van der Waals surface area contributed by atoms with Gasteiger partial charge in [0.2, 0.25) is 5.91 Å². The monoisotopic (exact) mass is 371 g/mol. The van der Waals surface area contributed by atoms with Crippen LogP contribution in [0, 0.1) is 10.1 Å². The molecule has 1 atom stereocenters. The molecule has 3 rings (SSSR count). The zero-order chi connectivity index (χ0) is 18.5. The molecule has 26 heavy (non-hydrogen) atoms. The fourth-order valence-electron chi connectivity index (χ4n) is 2.98. The molecule has 0 aliphatic carbocycles. The standard InChI is InChI=1S/C19H21N3O3S/c1-15(26-18-9-7-17(8-10-18)22(24)25)19(23)21-13-11-20(12-14-21)16-5-3-2-4-6-16/h2-10,15H,11-14H2,1H3. The van der Waals surface area contributed by atoms with Crippen molar-refractivity contribution in [3.8, 4) is 0 Å². The van der Waals surface area contributed by atoms with E-state index < -0.39 is 4.92 Å². The summed E-state index contributed by atoms with van der Waals surface area (Å²) in [6.45, 7) is 4.95. The lowest BCUT2D eigenvalue weighted by molar-refractivity contribution is -0.384. The average molecular weight is 371 g/mol. The van der Waals surface area contributed by atoms with E-state index in [4.69, 9.17) is 0 Å². The zero-order valence-electron chi connectivity index (χ0n) is 14.6. The van der Waals surface area contributed by atoms with E-state index in [-0.39, 0.29) is 16.8 Å². The van der Waals surface area contributed by atoms with Crippen molar-refractivity contribution in [1.29, 1.82) is 0 Å². The Morgan fingerprint density at radius 2 is 1.65 bits per heavy atom. The van der Waals surface area contributed by atoms with Gasteiger partial charge in [-0.15, -0.1) is 11.8 Å². The van der Waals surface area contributed by atoms with Gasteiger partial charge in [-0.05, 0) is 31.2 Å². The largest absolute Gasteiger partial charge is 0.368 e. The number of thioether (sulfide) groups is 1. The number of nitro benzene ring substituents is 1. The van der Waals surface area contributed by atoms with Crippen LogP contribution in [0.15, 0.2) is 59.5 Å². The predicted octanol–water partition coefficient (Wildman–Crippen LogP) is 3.42. The van der Waals surface area contributed by atoms with E-state index in [0.717, 1.165) is 18.0 Å². The molecule has 0 bridgehead atoms. The molecular weight excluding hydrogens is 350 g/mol. The first-order valence-corrected chi connectivity index (χ1v) is 9.42. The number of rotatable bonds is 5. The van der Waals surface area contributed by atoms with Gasteiger partial charge in [0.1, 0.15) is 0 Å². The normalized spacial score (nSPS) is 15.6. The minimum Gasteiger partial charge on any atom is -0.368 e. The van der Waals surface area contributed by atoms with E-state index in [1.54, 1.807) is 12.1 Å². The van der Waals surface area contributed by atoms with Gasteiger partial charge in [0.05, 0.1) is 10.2 Å². The molecule has 0 saturated carbocycles. The second-order valence-corrected chi connectivity index (χ2v) is 7.57. The minimum atomic E-state index is -0.421.